The van der Waals surface area contributed by atoms with Crippen molar-refractivity contribution >= 4 is 28.9 Å². The first-order valence-electron chi connectivity index (χ1n) is 7.03. The van der Waals surface area contributed by atoms with Crippen LogP contribution in [0.2, 0.25) is 5.02 Å². The van der Waals surface area contributed by atoms with Gasteiger partial charge in [-0.05, 0) is 19.1 Å². The Morgan fingerprint density at radius 3 is 2.58 bits per heavy atom. The number of nitro groups is 1. The summed E-state index contributed by atoms with van der Waals surface area (Å²) >= 11 is 5.99. The maximum absolute atomic E-state index is 12.5. The molecule has 2 aromatic rings. The van der Waals surface area contributed by atoms with Crippen molar-refractivity contribution in [2.24, 2.45) is 0 Å². The third-order valence-corrected chi connectivity index (χ3v) is 3.47. The molecule has 0 saturated heterocycles. The van der Waals surface area contributed by atoms with Gasteiger partial charge in [0, 0.05) is 6.07 Å². The smallest absolute Gasteiger partial charge is 0.286 e. The van der Waals surface area contributed by atoms with Gasteiger partial charge in [0.05, 0.1) is 35.4 Å². The van der Waals surface area contributed by atoms with Crippen LogP contribution in [0.3, 0.4) is 0 Å². The highest BCUT2D eigenvalue weighted by molar-refractivity contribution is 6.34. The Morgan fingerprint density at radius 2 is 2.00 bits per heavy atom. The number of para-hydroxylation sites is 1. The van der Waals surface area contributed by atoms with Crippen molar-refractivity contribution < 1.29 is 19.2 Å². The summed E-state index contributed by atoms with van der Waals surface area (Å²) in [5, 5.41) is 14.2. The molecule has 126 valence electrons. The number of nitrogens with zero attached hydrogens (tertiary/aromatic N) is 1. The number of carbonyl (C=O) groups excluding carboxylic acids is 1. The Morgan fingerprint density at radius 1 is 1.29 bits per heavy atom. The molecule has 24 heavy (non-hydrogen) atoms. The predicted molar refractivity (Wildman–Crippen MR) is 90.2 cm³/mol. The highest BCUT2D eigenvalue weighted by Crippen LogP contribution is 2.35. The monoisotopic (exact) mass is 350 g/mol. The molecule has 0 saturated carbocycles. The highest BCUT2D eigenvalue weighted by Gasteiger charge is 2.25. The van der Waals surface area contributed by atoms with Crippen LogP contribution in [0.25, 0.3) is 0 Å². The first kappa shape index (κ1) is 17.6. The molecule has 0 fully saturated rings. The zero-order valence-corrected chi connectivity index (χ0v) is 13.8. The van der Waals surface area contributed by atoms with Gasteiger partial charge in [0.15, 0.2) is 11.5 Å². The molecule has 1 amide bonds. The van der Waals surface area contributed by atoms with Crippen LogP contribution >= 0.6 is 11.6 Å². The number of anilines is 1. The molecular weight excluding hydrogens is 336 g/mol. The summed E-state index contributed by atoms with van der Waals surface area (Å²) in [5.41, 5.74) is -0.185. The fourth-order valence-electron chi connectivity index (χ4n) is 2.06. The molecule has 7 nitrogen and oxygen atoms in total. The Kier molecular flexibility index (Phi) is 5.59. The number of nitro benzene ring substituents is 1. The molecule has 0 heterocycles. The number of ether oxygens (including phenoxy) is 2. The van der Waals surface area contributed by atoms with Crippen LogP contribution in [0.1, 0.15) is 17.3 Å². The molecule has 0 aliphatic carbocycles. The first-order valence-corrected chi connectivity index (χ1v) is 7.40. The lowest BCUT2D eigenvalue weighted by molar-refractivity contribution is -0.385. The van der Waals surface area contributed by atoms with Crippen LogP contribution in [0, 0.1) is 10.1 Å². The maximum Gasteiger partial charge on any atom is 0.286 e. The molecule has 2 rings (SSSR count). The van der Waals surface area contributed by atoms with Gasteiger partial charge < -0.3 is 14.8 Å². The second kappa shape index (κ2) is 7.65. The third-order valence-electron chi connectivity index (χ3n) is 3.15. The largest absolute Gasteiger partial charge is 0.493 e. The van der Waals surface area contributed by atoms with E-state index >= 15 is 0 Å². The van der Waals surface area contributed by atoms with Crippen LogP contribution in [-0.2, 0) is 0 Å². The SMILES string of the molecule is CCOc1cc([N+](=O)[O-])c(C(=O)Nc2ccccc2Cl)cc1OC. The van der Waals surface area contributed by atoms with E-state index in [1.54, 1.807) is 31.2 Å². The summed E-state index contributed by atoms with van der Waals surface area (Å²) in [5.74, 6) is -0.246. The molecule has 0 spiro atoms. The van der Waals surface area contributed by atoms with Gasteiger partial charge in [-0.2, -0.15) is 0 Å². The Labute approximate surface area is 143 Å². The molecular formula is C16H15ClN2O5. The van der Waals surface area contributed by atoms with E-state index < -0.39 is 10.8 Å². The van der Waals surface area contributed by atoms with Crippen molar-refractivity contribution in [2.45, 2.75) is 6.92 Å². The van der Waals surface area contributed by atoms with Crippen molar-refractivity contribution in [3.8, 4) is 11.5 Å². The highest BCUT2D eigenvalue weighted by atomic mass is 35.5. The number of rotatable bonds is 6. The number of hydrogen-bond acceptors (Lipinski definition) is 5. The lowest BCUT2D eigenvalue weighted by atomic mass is 10.1. The molecule has 0 aliphatic heterocycles. The Hall–Kier alpha value is -2.80. The average Bonchev–Trinajstić information content (AvgIpc) is 2.56. The van der Waals surface area contributed by atoms with Gasteiger partial charge in [-0.3, -0.25) is 14.9 Å². The van der Waals surface area contributed by atoms with Crippen molar-refractivity contribution in [1.29, 1.82) is 0 Å². The fraction of sp³-hybridized carbons (Fsp3) is 0.188. The summed E-state index contributed by atoms with van der Waals surface area (Å²) in [7, 11) is 1.39. The average molecular weight is 351 g/mol. The topological polar surface area (TPSA) is 90.7 Å². The molecule has 0 bridgehead atoms. The number of halogens is 1. The quantitative estimate of drug-likeness (QED) is 0.630. The molecule has 0 radical (unpaired) electrons. The lowest BCUT2D eigenvalue weighted by Gasteiger charge is -2.12. The molecule has 0 aromatic heterocycles. The Bertz CT molecular complexity index is 779. The molecule has 8 heteroatoms. The van der Waals surface area contributed by atoms with E-state index in [9.17, 15) is 14.9 Å². The normalized spacial score (nSPS) is 10.1. The van der Waals surface area contributed by atoms with E-state index in [0.717, 1.165) is 0 Å². The lowest BCUT2D eigenvalue weighted by Crippen LogP contribution is -2.15. The van der Waals surface area contributed by atoms with E-state index in [0.29, 0.717) is 17.3 Å². The first-order chi connectivity index (χ1) is 11.5. The number of benzene rings is 2. The maximum atomic E-state index is 12.5. The van der Waals surface area contributed by atoms with E-state index in [1.165, 1.54) is 19.2 Å². The second-order valence-electron chi connectivity index (χ2n) is 4.64. The summed E-state index contributed by atoms with van der Waals surface area (Å²) in [6.07, 6.45) is 0. The van der Waals surface area contributed by atoms with Crippen LogP contribution in [0.5, 0.6) is 11.5 Å². The van der Waals surface area contributed by atoms with Crippen molar-refractivity contribution in [1.82, 2.24) is 0 Å². The number of carbonyl (C=O) groups is 1. The number of methoxy groups -OCH3 is 1. The van der Waals surface area contributed by atoms with E-state index in [-0.39, 0.29) is 22.7 Å². The zero-order valence-electron chi connectivity index (χ0n) is 13.0. The number of nitrogens with one attached hydrogen (secondary N) is 1. The van der Waals surface area contributed by atoms with Gasteiger partial charge in [-0.1, -0.05) is 23.7 Å². The van der Waals surface area contributed by atoms with E-state index in [4.69, 9.17) is 21.1 Å². The summed E-state index contributed by atoms with van der Waals surface area (Å²) in [4.78, 5) is 23.1. The number of hydrogen-bond donors (Lipinski definition) is 1. The summed E-state index contributed by atoms with van der Waals surface area (Å²) < 4.78 is 10.5. The molecule has 2 aromatic carbocycles. The predicted octanol–water partition coefficient (Wildman–Crippen LogP) is 3.91. The molecule has 0 atom stereocenters. The minimum atomic E-state index is -0.670. The standard InChI is InChI=1S/C16H15ClN2O5/c1-3-24-15-9-13(19(21)22)10(8-14(15)23-2)16(20)18-12-7-5-4-6-11(12)17/h4-9H,3H2,1-2H3,(H,18,20). The minimum absolute atomic E-state index is 0.153. The summed E-state index contributed by atoms with van der Waals surface area (Å²) in [6.45, 7) is 2.04. The van der Waals surface area contributed by atoms with E-state index in [1.807, 2.05) is 0 Å². The molecule has 1 N–H and O–H groups in total. The zero-order chi connectivity index (χ0) is 17.7. The summed E-state index contributed by atoms with van der Waals surface area (Å²) in [6, 6.07) is 9.04. The van der Waals surface area contributed by atoms with Crippen molar-refractivity contribution in [3.05, 3.63) is 57.1 Å². The van der Waals surface area contributed by atoms with Crippen LogP contribution < -0.4 is 14.8 Å². The van der Waals surface area contributed by atoms with Gasteiger partial charge in [0.1, 0.15) is 5.56 Å². The minimum Gasteiger partial charge on any atom is -0.493 e. The van der Waals surface area contributed by atoms with E-state index in [2.05, 4.69) is 5.32 Å². The molecule has 0 aliphatic rings. The number of amides is 1. The third kappa shape index (κ3) is 3.75. The van der Waals surface area contributed by atoms with Crippen LogP contribution in [-0.4, -0.2) is 24.5 Å². The molecule has 0 unspecified atom stereocenters. The van der Waals surface area contributed by atoms with Crippen molar-refractivity contribution in [2.75, 3.05) is 19.0 Å². The van der Waals surface area contributed by atoms with Gasteiger partial charge in [0.2, 0.25) is 0 Å². The van der Waals surface area contributed by atoms with Gasteiger partial charge in [0.25, 0.3) is 11.6 Å². The second-order valence-corrected chi connectivity index (χ2v) is 5.05. The van der Waals surface area contributed by atoms with Gasteiger partial charge in [-0.15, -0.1) is 0 Å². The van der Waals surface area contributed by atoms with Crippen LogP contribution in [0.15, 0.2) is 36.4 Å². The van der Waals surface area contributed by atoms with Crippen LogP contribution in [0.4, 0.5) is 11.4 Å². The van der Waals surface area contributed by atoms with Gasteiger partial charge in [-0.25, -0.2) is 0 Å². The van der Waals surface area contributed by atoms with Crippen molar-refractivity contribution in [3.63, 3.8) is 0 Å². The fourth-order valence-corrected chi connectivity index (χ4v) is 2.25. The van der Waals surface area contributed by atoms with Gasteiger partial charge >= 0.3 is 0 Å². The Balaban J connectivity index is 2.45.